The molecular weight excluding hydrogens is 302 g/mol. The third kappa shape index (κ3) is 3.34. The lowest BCUT2D eigenvalue weighted by Gasteiger charge is -2.10. The van der Waals surface area contributed by atoms with Gasteiger partial charge < -0.3 is 5.32 Å². The van der Waals surface area contributed by atoms with Crippen LogP contribution in [0, 0.1) is 0 Å². The van der Waals surface area contributed by atoms with Gasteiger partial charge in [0.15, 0.2) is 0 Å². The molecular formula is C11H10BrN3OS. The van der Waals surface area contributed by atoms with Gasteiger partial charge in [0, 0.05) is 6.54 Å². The van der Waals surface area contributed by atoms with E-state index in [0.29, 0.717) is 11.4 Å². The molecule has 2 aromatic rings. The first-order valence-corrected chi connectivity index (χ1v) is 6.71. The Balaban J connectivity index is 1.89. The Bertz CT molecular complexity index is 475. The highest BCUT2D eigenvalue weighted by atomic mass is 79.9. The van der Waals surface area contributed by atoms with Crippen LogP contribution in [0.2, 0.25) is 0 Å². The van der Waals surface area contributed by atoms with E-state index < -0.39 is 0 Å². The predicted octanol–water partition coefficient (Wildman–Crippen LogP) is 2.40. The van der Waals surface area contributed by atoms with E-state index in [4.69, 9.17) is 0 Å². The Morgan fingerprint density at radius 1 is 1.41 bits per heavy atom. The lowest BCUT2D eigenvalue weighted by molar-refractivity contribution is 0.0958. The van der Waals surface area contributed by atoms with E-state index in [9.17, 15) is 4.79 Å². The zero-order chi connectivity index (χ0) is 12.1. The number of nitrogens with zero attached hydrogens (tertiary/aromatic N) is 2. The third-order valence-corrected chi connectivity index (χ3v) is 3.70. The van der Waals surface area contributed by atoms with Crippen molar-refractivity contribution >= 4 is 33.4 Å². The quantitative estimate of drug-likeness (QED) is 0.882. The van der Waals surface area contributed by atoms with Crippen LogP contribution in [0.3, 0.4) is 0 Å². The zero-order valence-corrected chi connectivity index (χ0v) is 11.2. The summed E-state index contributed by atoms with van der Waals surface area (Å²) in [5.41, 5.74) is 1.13. The fourth-order valence-electron chi connectivity index (χ4n) is 1.32. The van der Waals surface area contributed by atoms with Gasteiger partial charge in [-0.05, 0) is 17.1 Å². The number of carbonyl (C=O) groups excluding carboxylic acids is 1. The molecule has 0 bridgehead atoms. The fourth-order valence-corrected chi connectivity index (χ4v) is 2.22. The third-order valence-electron chi connectivity index (χ3n) is 2.19. The minimum Gasteiger partial charge on any atom is -0.350 e. The summed E-state index contributed by atoms with van der Waals surface area (Å²) < 4.78 is 3.65. The van der Waals surface area contributed by atoms with Crippen molar-refractivity contribution in [1.82, 2.24) is 14.9 Å². The Labute approximate surface area is 111 Å². The van der Waals surface area contributed by atoms with Crippen molar-refractivity contribution in [3.8, 4) is 0 Å². The summed E-state index contributed by atoms with van der Waals surface area (Å²) >= 11 is 4.63. The van der Waals surface area contributed by atoms with E-state index in [1.807, 2.05) is 30.3 Å². The highest BCUT2D eigenvalue weighted by Gasteiger charge is 2.11. The molecule has 88 valence electrons. The van der Waals surface area contributed by atoms with E-state index in [1.54, 1.807) is 0 Å². The van der Waals surface area contributed by atoms with Crippen molar-refractivity contribution in [2.24, 2.45) is 0 Å². The zero-order valence-electron chi connectivity index (χ0n) is 8.84. The molecule has 17 heavy (non-hydrogen) atoms. The smallest absolute Gasteiger partial charge is 0.264 e. The van der Waals surface area contributed by atoms with Crippen LogP contribution in [-0.2, 0) is 0 Å². The number of hydrogen-bond acceptors (Lipinski definition) is 4. The first-order chi connectivity index (χ1) is 8.27. The van der Waals surface area contributed by atoms with Gasteiger partial charge in [-0.25, -0.2) is 0 Å². The number of nitrogens with one attached hydrogen (secondary N) is 1. The molecule has 0 aliphatic heterocycles. The highest BCUT2D eigenvalue weighted by molar-refractivity contribution is 9.09. The molecule has 1 aromatic carbocycles. The van der Waals surface area contributed by atoms with Gasteiger partial charge in [-0.1, -0.05) is 50.8 Å². The van der Waals surface area contributed by atoms with Gasteiger partial charge in [0.25, 0.3) is 5.91 Å². The highest BCUT2D eigenvalue weighted by Crippen LogP contribution is 2.21. The SMILES string of the molecule is O=C(NCC(Br)c1ccccc1)c1cnns1. The molecule has 0 spiro atoms. The Morgan fingerprint density at radius 3 is 2.82 bits per heavy atom. The number of halogens is 1. The van der Waals surface area contributed by atoms with Gasteiger partial charge in [-0.2, -0.15) is 0 Å². The molecule has 0 saturated heterocycles. The Morgan fingerprint density at radius 2 is 2.18 bits per heavy atom. The molecule has 1 heterocycles. The molecule has 4 nitrogen and oxygen atoms in total. The Hall–Kier alpha value is -1.27. The standard InChI is InChI=1S/C11H10BrN3OS/c12-9(8-4-2-1-3-5-8)6-13-11(16)10-7-14-15-17-10/h1-5,7,9H,6H2,(H,13,16). The van der Waals surface area contributed by atoms with E-state index in [1.165, 1.54) is 6.20 Å². The first-order valence-electron chi connectivity index (χ1n) is 5.02. The predicted molar refractivity (Wildman–Crippen MR) is 70.4 cm³/mol. The van der Waals surface area contributed by atoms with Crippen molar-refractivity contribution < 1.29 is 4.79 Å². The normalized spacial score (nSPS) is 12.1. The van der Waals surface area contributed by atoms with Crippen LogP contribution in [0.25, 0.3) is 0 Å². The number of amides is 1. The summed E-state index contributed by atoms with van der Waals surface area (Å²) in [6.07, 6.45) is 1.46. The first kappa shape index (κ1) is 12.2. The maximum Gasteiger partial charge on any atom is 0.264 e. The van der Waals surface area contributed by atoms with Crippen LogP contribution in [0.4, 0.5) is 0 Å². The lowest BCUT2D eigenvalue weighted by atomic mass is 10.1. The average molecular weight is 312 g/mol. The van der Waals surface area contributed by atoms with Gasteiger partial charge in [0.2, 0.25) is 0 Å². The van der Waals surface area contributed by atoms with Crippen molar-refractivity contribution in [2.45, 2.75) is 4.83 Å². The van der Waals surface area contributed by atoms with Crippen LogP contribution in [-0.4, -0.2) is 22.0 Å². The van der Waals surface area contributed by atoms with Gasteiger partial charge in [0.05, 0.1) is 11.0 Å². The number of rotatable bonds is 4. The summed E-state index contributed by atoms with van der Waals surface area (Å²) in [7, 11) is 0. The molecule has 0 aliphatic carbocycles. The molecule has 1 aromatic heterocycles. The van der Waals surface area contributed by atoms with Crippen molar-refractivity contribution in [3.63, 3.8) is 0 Å². The van der Waals surface area contributed by atoms with Gasteiger partial charge in [-0.3, -0.25) is 4.79 Å². The van der Waals surface area contributed by atoms with Crippen LogP contribution in [0.5, 0.6) is 0 Å². The molecule has 0 radical (unpaired) electrons. The van der Waals surface area contributed by atoms with Crippen molar-refractivity contribution in [1.29, 1.82) is 0 Å². The van der Waals surface area contributed by atoms with E-state index in [-0.39, 0.29) is 10.7 Å². The molecule has 0 aliphatic rings. The molecule has 6 heteroatoms. The van der Waals surface area contributed by atoms with Crippen molar-refractivity contribution in [3.05, 3.63) is 47.0 Å². The number of carbonyl (C=O) groups is 1. The molecule has 2 rings (SSSR count). The largest absolute Gasteiger partial charge is 0.350 e. The maximum atomic E-state index is 11.6. The Kier molecular flexibility index (Phi) is 4.22. The topological polar surface area (TPSA) is 54.9 Å². The summed E-state index contributed by atoms with van der Waals surface area (Å²) in [5, 5.41) is 6.45. The summed E-state index contributed by atoms with van der Waals surface area (Å²) in [5.74, 6) is -0.139. The lowest BCUT2D eigenvalue weighted by Crippen LogP contribution is -2.25. The van der Waals surface area contributed by atoms with E-state index in [2.05, 4.69) is 30.8 Å². The van der Waals surface area contributed by atoms with Crippen LogP contribution in [0.1, 0.15) is 20.1 Å². The second kappa shape index (κ2) is 5.88. The number of hydrogen-bond donors (Lipinski definition) is 1. The van der Waals surface area contributed by atoms with E-state index >= 15 is 0 Å². The number of alkyl halides is 1. The number of benzene rings is 1. The summed E-state index contributed by atoms with van der Waals surface area (Å²) in [6, 6.07) is 9.93. The number of aromatic nitrogens is 2. The molecule has 1 N–H and O–H groups in total. The molecule has 0 saturated carbocycles. The van der Waals surface area contributed by atoms with Crippen LogP contribution in [0.15, 0.2) is 36.5 Å². The fraction of sp³-hybridized carbons (Fsp3) is 0.182. The van der Waals surface area contributed by atoms with Gasteiger partial charge >= 0.3 is 0 Å². The maximum absolute atomic E-state index is 11.6. The molecule has 0 fully saturated rings. The molecule has 1 unspecified atom stereocenters. The van der Waals surface area contributed by atoms with Crippen molar-refractivity contribution in [2.75, 3.05) is 6.54 Å². The summed E-state index contributed by atoms with van der Waals surface area (Å²) in [6.45, 7) is 0.529. The van der Waals surface area contributed by atoms with Crippen LogP contribution < -0.4 is 5.32 Å². The van der Waals surface area contributed by atoms with Gasteiger partial charge in [-0.15, -0.1) is 5.10 Å². The van der Waals surface area contributed by atoms with Crippen LogP contribution >= 0.6 is 27.5 Å². The second-order valence-electron chi connectivity index (χ2n) is 3.37. The van der Waals surface area contributed by atoms with Gasteiger partial charge in [0.1, 0.15) is 4.88 Å². The molecule has 1 atom stereocenters. The molecule has 1 amide bonds. The average Bonchev–Trinajstić information content (AvgIpc) is 2.90. The van der Waals surface area contributed by atoms with E-state index in [0.717, 1.165) is 17.1 Å². The summed E-state index contributed by atoms with van der Waals surface area (Å²) in [4.78, 5) is 12.3. The minimum absolute atomic E-state index is 0.105. The minimum atomic E-state index is -0.139. The second-order valence-corrected chi connectivity index (χ2v) is 5.26. The monoisotopic (exact) mass is 311 g/mol.